The maximum absolute atomic E-state index is 11.5. The molecule has 8 nitrogen and oxygen atoms in total. The summed E-state index contributed by atoms with van der Waals surface area (Å²) in [4.78, 5) is 44.7. The van der Waals surface area contributed by atoms with Crippen molar-refractivity contribution in [2.45, 2.75) is 12.5 Å². The number of carbonyl (C=O) groups is 4. The number of urea groups is 1. The predicted molar refractivity (Wildman–Crippen MR) is 49.3 cm³/mol. The van der Waals surface area contributed by atoms with Crippen molar-refractivity contribution < 1.29 is 29.0 Å². The molecule has 3 amide bonds. The van der Waals surface area contributed by atoms with Gasteiger partial charge in [-0.25, -0.2) is 9.69 Å². The average Bonchev–Trinajstić information content (AvgIpc) is 2.45. The fraction of sp³-hybridized carbons (Fsp3) is 0.500. The molecule has 0 aliphatic carbocycles. The molecule has 0 unspecified atom stereocenters. The van der Waals surface area contributed by atoms with Crippen molar-refractivity contribution in [3.05, 3.63) is 0 Å². The summed E-state index contributed by atoms with van der Waals surface area (Å²) in [6.07, 6.45) is -0.288. The van der Waals surface area contributed by atoms with E-state index in [4.69, 9.17) is 5.11 Å². The van der Waals surface area contributed by atoms with Crippen molar-refractivity contribution in [1.82, 2.24) is 10.2 Å². The summed E-state index contributed by atoms with van der Waals surface area (Å²) in [5, 5.41) is 8.89. The number of rotatable bonds is 4. The number of esters is 1. The van der Waals surface area contributed by atoms with Crippen LogP contribution in [0.15, 0.2) is 0 Å². The third kappa shape index (κ3) is 2.47. The van der Waals surface area contributed by atoms with E-state index in [1.807, 2.05) is 0 Å². The molecular weight excluding hydrogens is 220 g/mol. The summed E-state index contributed by atoms with van der Waals surface area (Å²) in [5.74, 6) is -2.39. The Kier molecular flexibility index (Phi) is 3.44. The average molecular weight is 231 g/mol. The third-order valence-corrected chi connectivity index (χ3v) is 2.01. The van der Waals surface area contributed by atoms with E-state index in [2.05, 4.69) is 10.1 Å². The topological polar surface area (TPSA) is 116 Å². The molecule has 16 heavy (non-hydrogen) atoms. The Morgan fingerprint density at radius 3 is 2.62 bits per heavy atom. The lowest BCUT2D eigenvalue weighted by molar-refractivity contribution is -0.144. The van der Waals surface area contributed by atoms with Gasteiger partial charge >= 0.3 is 18.0 Å². The van der Waals surface area contributed by atoms with E-state index in [1.54, 1.807) is 0 Å². The molecule has 1 saturated heterocycles. The molecule has 1 heterocycles. The molecule has 0 spiro atoms. The van der Waals surface area contributed by atoms with Gasteiger partial charge in [0.1, 0.15) is 6.04 Å². The first-order valence-electron chi connectivity index (χ1n) is 4.39. The summed E-state index contributed by atoms with van der Waals surface area (Å²) in [6, 6.07) is -1.79. The number of imide groups is 1. The lowest BCUT2D eigenvalue weighted by Gasteiger charge is -2.07. The maximum Gasteiger partial charge on any atom is 0.536 e. The minimum atomic E-state index is -1.05. The highest BCUT2D eigenvalue weighted by molar-refractivity contribution is 6.07. The van der Waals surface area contributed by atoms with Crippen molar-refractivity contribution in [3.8, 4) is 0 Å². The molecule has 1 aliphatic rings. The summed E-state index contributed by atoms with van der Waals surface area (Å²) < 4.78 is 4.35. The van der Waals surface area contributed by atoms with Gasteiger partial charge in [-0.2, -0.15) is 0 Å². The standard InChI is InChI=1S/C8H10N2O6/c1-16-6(13)2-4-7(14)10(3-5(11)12)8(15)9-4/h4H,2-3H2,1H3,(H,9,15)(H,11,12)/p+1/t4-/m0/s1. The van der Waals surface area contributed by atoms with Crippen molar-refractivity contribution in [2.75, 3.05) is 13.7 Å². The molecule has 1 fully saturated rings. The van der Waals surface area contributed by atoms with E-state index in [0.29, 0.717) is 4.90 Å². The van der Waals surface area contributed by atoms with Gasteiger partial charge < -0.3 is 15.2 Å². The van der Waals surface area contributed by atoms with Crippen molar-refractivity contribution in [2.24, 2.45) is 0 Å². The Morgan fingerprint density at radius 2 is 2.12 bits per heavy atom. The van der Waals surface area contributed by atoms with Gasteiger partial charge in [0.2, 0.25) is 0 Å². The highest BCUT2D eigenvalue weighted by Crippen LogP contribution is 2.09. The molecule has 8 heteroatoms. The first-order chi connectivity index (χ1) is 7.45. The van der Waals surface area contributed by atoms with Gasteiger partial charge in [-0.1, -0.05) is 0 Å². The highest BCUT2D eigenvalue weighted by Gasteiger charge is 2.41. The number of ether oxygens (including phenoxy) is 1. The quantitative estimate of drug-likeness (QED) is 0.332. The molecule has 88 valence electrons. The van der Waals surface area contributed by atoms with Gasteiger partial charge in [0.05, 0.1) is 13.5 Å². The fourth-order valence-corrected chi connectivity index (χ4v) is 1.26. The van der Waals surface area contributed by atoms with Crippen LogP contribution in [0.25, 0.3) is 0 Å². The van der Waals surface area contributed by atoms with Gasteiger partial charge in [0.15, 0.2) is 6.54 Å². The molecule has 0 radical (unpaired) electrons. The third-order valence-electron chi connectivity index (χ3n) is 2.01. The zero-order chi connectivity index (χ0) is 12.3. The fourth-order valence-electron chi connectivity index (χ4n) is 1.26. The van der Waals surface area contributed by atoms with E-state index < -0.39 is 36.5 Å². The molecular formula is C8H11N2O6+. The minimum Gasteiger partial charge on any atom is -0.563 e. The number of hydrogen-bond acceptors (Lipinski definition) is 5. The first-order valence-corrected chi connectivity index (χ1v) is 4.39. The number of nitrogens with zero attached hydrogens (tertiary/aromatic N) is 1. The smallest absolute Gasteiger partial charge is 0.536 e. The summed E-state index contributed by atoms with van der Waals surface area (Å²) in [5.41, 5.74) is 0. The van der Waals surface area contributed by atoms with Crippen LogP contribution in [0.1, 0.15) is 6.42 Å². The van der Waals surface area contributed by atoms with Crippen LogP contribution < -0.4 is 5.32 Å². The van der Waals surface area contributed by atoms with E-state index >= 15 is 0 Å². The second kappa shape index (κ2) is 4.60. The molecule has 1 rings (SSSR count). The summed E-state index contributed by atoms with van der Waals surface area (Å²) >= 11 is 0. The number of hydrogen-bond donors (Lipinski definition) is 1. The van der Waals surface area contributed by atoms with Crippen molar-refractivity contribution in [1.29, 1.82) is 0 Å². The van der Waals surface area contributed by atoms with Crippen molar-refractivity contribution in [3.63, 3.8) is 0 Å². The normalized spacial score (nSPS) is 19.6. The van der Waals surface area contributed by atoms with Gasteiger partial charge in [-0.3, -0.25) is 9.59 Å². The SMILES string of the molecule is COC(=O)C[C@@H]1NC(=O)N(CC(=O)[OH2+])C1=O. The van der Waals surface area contributed by atoms with E-state index in [-0.39, 0.29) is 6.42 Å². The zero-order valence-electron chi connectivity index (χ0n) is 8.48. The Morgan fingerprint density at radius 1 is 1.50 bits per heavy atom. The Labute approximate surface area is 90.2 Å². The van der Waals surface area contributed by atoms with Crippen LogP contribution in [-0.2, 0) is 19.1 Å². The number of methoxy groups -OCH3 is 1. The largest absolute Gasteiger partial charge is 0.563 e. The van der Waals surface area contributed by atoms with Crippen molar-refractivity contribution >= 4 is 23.9 Å². The molecule has 0 aromatic heterocycles. The molecule has 1 atom stereocenters. The van der Waals surface area contributed by atoms with Crippen LogP contribution in [-0.4, -0.2) is 53.6 Å². The van der Waals surface area contributed by atoms with Gasteiger partial charge in [0, 0.05) is 4.79 Å². The van der Waals surface area contributed by atoms with Crippen LogP contribution in [0.3, 0.4) is 0 Å². The second-order valence-corrected chi connectivity index (χ2v) is 3.13. The van der Waals surface area contributed by atoms with Crippen LogP contribution in [0, 0.1) is 0 Å². The lowest BCUT2D eigenvalue weighted by atomic mass is 10.2. The predicted octanol–water partition coefficient (Wildman–Crippen LogP) is -2.28. The van der Waals surface area contributed by atoms with Crippen LogP contribution in [0.4, 0.5) is 4.79 Å². The zero-order valence-corrected chi connectivity index (χ0v) is 8.48. The number of carbonyl (C=O) groups excluding carboxylic acids is 4. The minimum absolute atomic E-state index is 0.288. The first kappa shape index (κ1) is 12.0. The van der Waals surface area contributed by atoms with Gasteiger partial charge in [0.25, 0.3) is 5.91 Å². The Bertz CT molecular complexity index is 352. The van der Waals surface area contributed by atoms with E-state index in [0.717, 1.165) is 7.11 Å². The molecule has 0 saturated carbocycles. The highest BCUT2D eigenvalue weighted by atomic mass is 16.5. The summed E-state index contributed by atoms with van der Waals surface area (Å²) in [7, 11) is 1.16. The lowest BCUT2D eigenvalue weighted by Crippen LogP contribution is -2.36. The maximum atomic E-state index is 11.5. The van der Waals surface area contributed by atoms with E-state index in [1.165, 1.54) is 0 Å². The molecule has 1 aliphatic heterocycles. The van der Waals surface area contributed by atoms with Gasteiger partial charge in [-0.05, 0) is 0 Å². The Balaban J connectivity index is 2.66. The van der Waals surface area contributed by atoms with Gasteiger partial charge in [-0.15, -0.1) is 0 Å². The van der Waals surface area contributed by atoms with E-state index in [9.17, 15) is 19.2 Å². The summed E-state index contributed by atoms with van der Waals surface area (Å²) in [6.45, 7) is -0.609. The molecule has 3 N–H and O–H groups in total. The second-order valence-electron chi connectivity index (χ2n) is 3.13. The van der Waals surface area contributed by atoms with Crippen LogP contribution in [0.5, 0.6) is 0 Å². The molecule has 0 bridgehead atoms. The monoisotopic (exact) mass is 231 g/mol. The van der Waals surface area contributed by atoms with Crippen LogP contribution in [0.2, 0.25) is 0 Å². The molecule has 0 aromatic carbocycles. The molecule has 0 aromatic rings. The van der Waals surface area contributed by atoms with Crippen LogP contribution >= 0.6 is 0 Å². The number of amides is 3. The number of nitrogens with one attached hydrogen (secondary N) is 1. The Hall–Kier alpha value is -2.12.